The first kappa shape index (κ1) is 14.4. The van der Waals surface area contributed by atoms with Crippen molar-refractivity contribution >= 4 is 23.4 Å². The van der Waals surface area contributed by atoms with Gasteiger partial charge in [0.15, 0.2) is 0 Å². The predicted molar refractivity (Wildman–Crippen MR) is 83.0 cm³/mol. The van der Waals surface area contributed by atoms with Crippen LogP contribution in [-0.4, -0.2) is 5.91 Å². The minimum absolute atomic E-state index is 0.233. The molecule has 0 heterocycles. The van der Waals surface area contributed by atoms with Gasteiger partial charge < -0.3 is 5.73 Å². The molecule has 5 heteroatoms. The van der Waals surface area contributed by atoms with E-state index in [0.717, 1.165) is 16.0 Å². The van der Waals surface area contributed by atoms with Crippen molar-refractivity contribution in [1.29, 1.82) is 0 Å². The Balaban J connectivity index is 2.34. The summed E-state index contributed by atoms with van der Waals surface area (Å²) in [5.74, 6) is 5.06. The van der Waals surface area contributed by atoms with Crippen molar-refractivity contribution in [3.63, 3.8) is 0 Å². The molecule has 0 fully saturated rings. The molecule has 0 aromatic heterocycles. The normalized spacial score (nSPS) is 11.9. The number of benzene rings is 2. The van der Waals surface area contributed by atoms with Crippen LogP contribution in [-0.2, 0) is 4.79 Å². The molecule has 0 aliphatic heterocycles. The van der Waals surface area contributed by atoms with E-state index in [-0.39, 0.29) is 5.91 Å². The van der Waals surface area contributed by atoms with Gasteiger partial charge >= 0.3 is 0 Å². The lowest BCUT2D eigenvalue weighted by Gasteiger charge is -2.17. The average Bonchev–Trinajstić information content (AvgIpc) is 2.48. The highest BCUT2D eigenvalue weighted by molar-refractivity contribution is 8.00. The minimum Gasteiger partial charge on any atom is -0.399 e. The summed E-state index contributed by atoms with van der Waals surface area (Å²) in [7, 11) is 0. The zero-order valence-electron chi connectivity index (χ0n) is 11.2. The fraction of sp³-hybridized carbons (Fsp3) is 0.133. The number of hydrogen-bond donors (Lipinski definition) is 3. The molecule has 0 aliphatic carbocycles. The fourth-order valence-corrected chi connectivity index (χ4v) is 3.03. The molecule has 0 saturated heterocycles. The molecule has 20 heavy (non-hydrogen) atoms. The second kappa shape index (κ2) is 6.45. The van der Waals surface area contributed by atoms with Crippen LogP contribution in [0.15, 0.2) is 53.4 Å². The molecule has 4 nitrogen and oxygen atoms in total. The molecule has 2 aromatic rings. The second-order valence-electron chi connectivity index (χ2n) is 4.44. The summed E-state index contributed by atoms with van der Waals surface area (Å²) in [5.41, 5.74) is 10.7. The number of nitrogens with one attached hydrogen (secondary N) is 1. The zero-order valence-corrected chi connectivity index (χ0v) is 12.0. The van der Waals surface area contributed by atoms with Crippen molar-refractivity contribution in [2.75, 3.05) is 5.73 Å². The van der Waals surface area contributed by atoms with Crippen LogP contribution in [0.3, 0.4) is 0 Å². The van der Waals surface area contributed by atoms with E-state index >= 15 is 0 Å². The van der Waals surface area contributed by atoms with E-state index in [1.807, 2.05) is 55.5 Å². The number of aryl methyl sites for hydroxylation is 1. The summed E-state index contributed by atoms with van der Waals surface area (Å²) in [6.07, 6.45) is 0. The van der Waals surface area contributed by atoms with Gasteiger partial charge in [0.25, 0.3) is 5.91 Å². The molecular weight excluding hydrogens is 270 g/mol. The van der Waals surface area contributed by atoms with Gasteiger partial charge in [0, 0.05) is 10.6 Å². The molecular formula is C15H17N3OS. The number of carbonyl (C=O) groups is 1. The van der Waals surface area contributed by atoms with Crippen molar-refractivity contribution in [3.05, 3.63) is 59.7 Å². The van der Waals surface area contributed by atoms with Gasteiger partial charge in [0.05, 0.1) is 0 Å². The van der Waals surface area contributed by atoms with E-state index in [1.165, 1.54) is 11.8 Å². The van der Waals surface area contributed by atoms with Crippen LogP contribution in [0.5, 0.6) is 0 Å². The Hall–Kier alpha value is -1.98. The lowest BCUT2D eigenvalue weighted by Crippen LogP contribution is -2.33. The molecule has 0 aliphatic rings. The number of carbonyl (C=O) groups excluding carboxylic acids is 1. The van der Waals surface area contributed by atoms with E-state index in [4.69, 9.17) is 11.6 Å². The van der Waals surface area contributed by atoms with Gasteiger partial charge in [0.1, 0.15) is 5.25 Å². The first-order valence-electron chi connectivity index (χ1n) is 6.20. The molecule has 0 bridgehead atoms. The molecule has 2 rings (SSSR count). The standard InChI is InChI=1S/C15H17N3OS/c1-10-7-8-12(16)9-13(10)20-14(15(19)18-17)11-5-3-2-4-6-11/h2-9,14H,16-17H2,1H3,(H,18,19). The van der Waals surface area contributed by atoms with Crippen molar-refractivity contribution in [1.82, 2.24) is 5.43 Å². The van der Waals surface area contributed by atoms with Gasteiger partial charge in [0.2, 0.25) is 0 Å². The third-order valence-electron chi connectivity index (χ3n) is 2.94. The fourth-order valence-electron chi connectivity index (χ4n) is 1.85. The molecule has 1 unspecified atom stereocenters. The SMILES string of the molecule is Cc1ccc(N)cc1SC(C(=O)NN)c1ccccc1. The van der Waals surface area contributed by atoms with Crippen LogP contribution in [0.1, 0.15) is 16.4 Å². The van der Waals surface area contributed by atoms with Crippen LogP contribution in [0, 0.1) is 6.92 Å². The molecule has 1 amide bonds. The first-order valence-corrected chi connectivity index (χ1v) is 7.08. The number of nitrogen functional groups attached to an aromatic ring is 1. The van der Waals surface area contributed by atoms with E-state index < -0.39 is 5.25 Å². The van der Waals surface area contributed by atoms with Crippen LogP contribution < -0.4 is 17.0 Å². The number of hydrazine groups is 1. The highest BCUT2D eigenvalue weighted by Crippen LogP contribution is 2.37. The van der Waals surface area contributed by atoms with Crippen molar-refractivity contribution in [2.45, 2.75) is 17.1 Å². The van der Waals surface area contributed by atoms with Gasteiger partial charge in [-0.05, 0) is 30.2 Å². The van der Waals surface area contributed by atoms with Gasteiger partial charge in [-0.1, -0.05) is 36.4 Å². The molecule has 0 saturated carbocycles. The van der Waals surface area contributed by atoms with E-state index in [2.05, 4.69) is 5.43 Å². The van der Waals surface area contributed by atoms with Gasteiger partial charge in [-0.2, -0.15) is 0 Å². The first-order chi connectivity index (χ1) is 9.61. The highest BCUT2D eigenvalue weighted by Gasteiger charge is 2.21. The van der Waals surface area contributed by atoms with E-state index in [0.29, 0.717) is 5.69 Å². The highest BCUT2D eigenvalue weighted by atomic mass is 32.2. The average molecular weight is 287 g/mol. The maximum atomic E-state index is 12.0. The molecule has 5 N–H and O–H groups in total. The Labute approximate surface area is 122 Å². The smallest absolute Gasteiger partial charge is 0.251 e. The topological polar surface area (TPSA) is 81.1 Å². The monoisotopic (exact) mass is 287 g/mol. The summed E-state index contributed by atoms with van der Waals surface area (Å²) in [6, 6.07) is 15.2. The van der Waals surface area contributed by atoms with Gasteiger partial charge in [-0.25, -0.2) is 5.84 Å². The van der Waals surface area contributed by atoms with Crippen molar-refractivity contribution in [3.8, 4) is 0 Å². The predicted octanol–water partition coefficient (Wildman–Crippen LogP) is 2.40. The van der Waals surface area contributed by atoms with Crippen LogP contribution in [0.4, 0.5) is 5.69 Å². The van der Waals surface area contributed by atoms with Gasteiger partial charge in [-0.3, -0.25) is 10.2 Å². The zero-order chi connectivity index (χ0) is 14.5. The molecule has 104 valence electrons. The second-order valence-corrected chi connectivity index (χ2v) is 5.59. The maximum Gasteiger partial charge on any atom is 0.251 e. The summed E-state index contributed by atoms with van der Waals surface area (Å²) in [4.78, 5) is 13.0. The van der Waals surface area contributed by atoms with Crippen molar-refractivity contribution < 1.29 is 4.79 Å². The largest absolute Gasteiger partial charge is 0.399 e. The van der Waals surface area contributed by atoms with E-state index in [1.54, 1.807) is 0 Å². The Kier molecular flexibility index (Phi) is 4.65. The minimum atomic E-state index is -0.401. The Bertz CT molecular complexity index is 601. The van der Waals surface area contributed by atoms with Gasteiger partial charge in [-0.15, -0.1) is 11.8 Å². The maximum absolute atomic E-state index is 12.0. The van der Waals surface area contributed by atoms with Crippen LogP contribution >= 0.6 is 11.8 Å². The summed E-state index contributed by atoms with van der Waals surface area (Å²) in [6.45, 7) is 1.99. The van der Waals surface area contributed by atoms with E-state index in [9.17, 15) is 4.79 Å². The summed E-state index contributed by atoms with van der Waals surface area (Å²) in [5, 5.41) is -0.401. The number of nitrogens with two attached hydrogens (primary N) is 2. The molecule has 1 atom stereocenters. The third-order valence-corrected chi connectivity index (χ3v) is 4.36. The lowest BCUT2D eigenvalue weighted by molar-refractivity contribution is -0.120. The van der Waals surface area contributed by atoms with Crippen LogP contribution in [0.25, 0.3) is 0 Å². The number of amides is 1. The third kappa shape index (κ3) is 3.31. The molecule has 0 radical (unpaired) electrons. The number of anilines is 1. The molecule has 0 spiro atoms. The van der Waals surface area contributed by atoms with Crippen molar-refractivity contribution in [2.24, 2.45) is 5.84 Å². The summed E-state index contributed by atoms with van der Waals surface area (Å²) >= 11 is 1.44. The lowest BCUT2D eigenvalue weighted by atomic mass is 10.1. The Morgan fingerprint density at radius 1 is 1.20 bits per heavy atom. The van der Waals surface area contributed by atoms with Crippen LogP contribution in [0.2, 0.25) is 0 Å². The number of rotatable bonds is 4. The quantitative estimate of drug-likeness (QED) is 0.265. The Morgan fingerprint density at radius 3 is 2.55 bits per heavy atom. The Morgan fingerprint density at radius 2 is 1.90 bits per heavy atom. The number of thioether (sulfide) groups is 1. The summed E-state index contributed by atoms with van der Waals surface area (Å²) < 4.78 is 0. The number of hydrogen-bond acceptors (Lipinski definition) is 4. The molecule has 2 aromatic carbocycles.